The summed E-state index contributed by atoms with van der Waals surface area (Å²) in [6, 6.07) is 13.1. The van der Waals surface area contributed by atoms with Gasteiger partial charge in [-0.1, -0.05) is 24.3 Å². The van der Waals surface area contributed by atoms with Gasteiger partial charge in [0, 0.05) is 12.0 Å². The molecule has 15 heteroatoms. The standard InChI is InChI=1S/C22H20FN3O5S.C2HF3O2/c23-15-5-7-16(8-6-15)32(29,30)17-11-18(22(27)28)20(19(24)12-17)31-10-9-13-1-3-14(4-2-13)21(25)26;3-2(4,5)1(6)7/h1-8,11-12H,9-10,24H2,(H3,25,26)(H,27,28);(H,6,7). The minimum atomic E-state index is -5.08. The number of benzene rings is 3. The van der Waals surface area contributed by atoms with Crippen LogP contribution in [0.2, 0.25) is 0 Å². The molecule has 0 spiro atoms. The fourth-order valence-electron chi connectivity index (χ4n) is 2.97. The molecule has 208 valence electrons. The van der Waals surface area contributed by atoms with Crippen LogP contribution in [0.5, 0.6) is 5.75 Å². The van der Waals surface area contributed by atoms with E-state index in [0.717, 1.165) is 42.0 Å². The second-order valence-electron chi connectivity index (χ2n) is 7.66. The second kappa shape index (κ2) is 12.3. The van der Waals surface area contributed by atoms with Crippen molar-refractivity contribution in [3.8, 4) is 5.75 Å². The third-order valence-electron chi connectivity index (χ3n) is 4.90. The number of carboxylic acids is 2. The number of sulfone groups is 1. The average Bonchev–Trinajstić information content (AvgIpc) is 2.85. The Balaban J connectivity index is 0.000000673. The molecule has 0 radical (unpaired) electrons. The topological polar surface area (TPSA) is 194 Å². The first-order valence-corrected chi connectivity index (χ1v) is 12.1. The second-order valence-corrected chi connectivity index (χ2v) is 9.61. The summed E-state index contributed by atoms with van der Waals surface area (Å²) < 4.78 is 76.1. The number of nitrogens with one attached hydrogen (secondary N) is 1. The Hall–Kier alpha value is -4.66. The van der Waals surface area contributed by atoms with Gasteiger partial charge in [-0.15, -0.1) is 0 Å². The number of nitrogens with two attached hydrogens (primary N) is 2. The van der Waals surface area contributed by atoms with Gasteiger partial charge >= 0.3 is 18.1 Å². The lowest BCUT2D eigenvalue weighted by atomic mass is 10.1. The van der Waals surface area contributed by atoms with Crippen LogP contribution >= 0.6 is 0 Å². The summed E-state index contributed by atoms with van der Waals surface area (Å²) in [6.07, 6.45) is -4.67. The van der Waals surface area contributed by atoms with Crippen molar-refractivity contribution in [1.82, 2.24) is 0 Å². The van der Waals surface area contributed by atoms with Gasteiger partial charge in [0.05, 0.1) is 22.1 Å². The maximum absolute atomic E-state index is 13.1. The van der Waals surface area contributed by atoms with Crippen molar-refractivity contribution in [3.63, 3.8) is 0 Å². The Bertz CT molecular complexity index is 1480. The van der Waals surface area contributed by atoms with E-state index in [1.807, 2.05) is 0 Å². The van der Waals surface area contributed by atoms with E-state index in [-0.39, 0.29) is 33.7 Å². The number of carbonyl (C=O) groups is 2. The molecule has 0 aliphatic rings. The molecule has 0 saturated carbocycles. The first-order valence-electron chi connectivity index (χ1n) is 10.6. The molecular formula is C24H21F4N3O7S. The molecule has 0 aliphatic heterocycles. The number of alkyl halides is 3. The molecule has 0 aromatic heterocycles. The van der Waals surface area contributed by atoms with Crippen LogP contribution in [0.15, 0.2) is 70.5 Å². The van der Waals surface area contributed by atoms with Crippen molar-refractivity contribution in [3.05, 3.63) is 83.2 Å². The Labute approximate surface area is 218 Å². The van der Waals surface area contributed by atoms with Gasteiger partial charge < -0.3 is 26.4 Å². The van der Waals surface area contributed by atoms with Crippen molar-refractivity contribution in [1.29, 1.82) is 5.41 Å². The predicted octanol–water partition coefficient (Wildman–Crippen LogP) is 3.48. The minimum absolute atomic E-state index is 0.0534. The van der Waals surface area contributed by atoms with E-state index >= 15 is 0 Å². The summed E-state index contributed by atoms with van der Waals surface area (Å²) in [6.45, 7) is 0.0773. The highest BCUT2D eigenvalue weighted by Gasteiger charge is 2.38. The maximum atomic E-state index is 13.1. The number of nitrogen functional groups attached to an aromatic ring is 2. The normalized spacial score (nSPS) is 11.2. The average molecular weight is 572 g/mol. The summed E-state index contributed by atoms with van der Waals surface area (Å²) >= 11 is 0. The lowest BCUT2D eigenvalue weighted by Gasteiger charge is -2.14. The number of carboxylic acid groups (broad SMARTS) is 2. The lowest BCUT2D eigenvalue weighted by Crippen LogP contribution is -2.21. The number of rotatable bonds is 8. The SMILES string of the molecule is N=C(N)c1ccc(CCOc2c(N)cc(S(=O)(=O)c3ccc(F)cc3)cc2C(=O)O)cc1.O=C(O)C(F)(F)F. The Morgan fingerprint density at radius 3 is 1.95 bits per heavy atom. The van der Waals surface area contributed by atoms with E-state index in [1.54, 1.807) is 24.3 Å². The molecule has 0 fully saturated rings. The number of halogens is 4. The predicted molar refractivity (Wildman–Crippen MR) is 130 cm³/mol. The summed E-state index contributed by atoms with van der Waals surface area (Å²) in [7, 11) is -4.12. The zero-order chi connectivity index (χ0) is 29.5. The molecule has 0 saturated heterocycles. The number of hydrogen-bond acceptors (Lipinski definition) is 7. The van der Waals surface area contributed by atoms with Crippen LogP contribution in [0.25, 0.3) is 0 Å². The Morgan fingerprint density at radius 1 is 0.949 bits per heavy atom. The maximum Gasteiger partial charge on any atom is 0.490 e. The number of ether oxygens (including phenoxy) is 1. The Kier molecular flexibility index (Phi) is 9.60. The van der Waals surface area contributed by atoms with E-state index in [1.165, 1.54) is 0 Å². The van der Waals surface area contributed by atoms with E-state index in [2.05, 4.69) is 0 Å². The highest BCUT2D eigenvalue weighted by atomic mass is 32.2. The number of hydrogen-bond donors (Lipinski definition) is 5. The number of amidine groups is 1. The van der Waals surface area contributed by atoms with Crippen LogP contribution in [0.1, 0.15) is 21.5 Å². The molecule has 3 rings (SSSR count). The van der Waals surface area contributed by atoms with Gasteiger partial charge in [0.1, 0.15) is 17.2 Å². The van der Waals surface area contributed by atoms with Crippen LogP contribution < -0.4 is 16.2 Å². The number of aromatic carboxylic acids is 1. The van der Waals surface area contributed by atoms with Crippen molar-refractivity contribution in [2.45, 2.75) is 22.4 Å². The molecule has 0 aliphatic carbocycles. The molecule has 0 atom stereocenters. The summed E-state index contributed by atoms with van der Waals surface area (Å²) in [5.41, 5.74) is 12.2. The van der Waals surface area contributed by atoms with E-state index in [0.29, 0.717) is 12.0 Å². The van der Waals surface area contributed by atoms with Gasteiger partial charge in [0.2, 0.25) is 9.84 Å². The highest BCUT2D eigenvalue weighted by Crippen LogP contribution is 2.33. The number of anilines is 1. The zero-order valence-corrected chi connectivity index (χ0v) is 20.5. The van der Waals surface area contributed by atoms with Crippen LogP contribution in [-0.2, 0) is 21.1 Å². The van der Waals surface area contributed by atoms with Crippen molar-refractivity contribution < 1.29 is 50.5 Å². The first kappa shape index (κ1) is 30.6. The summed E-state index contributed by atoms with van der Waals surface area (Å²) in [5, 5.41) is 24.1. The summed E-state index contributed by atoms with van der Waals surface area (Å²) in [4.78, 5) is 20.1. The van der Waals surface area contributed by atoms with Crippen LogP contribution in [0.4, 0.5) is 23.2 Å². The zero-order valence-electron chi connectivity index (χ0n) is 19.7. The van der Waals surface area contributed by atoms with Gasteiger partial charge in [-0.3, -0.25) is 5.41 Å². The van der Waals surface area contributed by atoms with Gasteiger partial charge in [-0.2, -0.15) is 13.2 Å². The van der Waals surface area contributed by atoms with Crippen molar-refractivity contribution >= 4 is 33.3 Å². The van der Waals surface area contributed by atoms with Crippen LogP contribution in [-0.4, -0.2) is 49.2 Å². The van der Waals surface area contributed by atoms with Gasteiger partial charge in [0.25, 0.3) is 0 Å². The lowest BCUT2D eigenvalue weighted by molar-refractivity contribution is -0.192. The molecule has 10 nitrogen and oxygen atoms in total. The Morgan fingerprint density at radius 2 is 1.49 bits per heavy atom. The molecule has 3 aromatic carbocycles. The molecule has 0 amide bonds. The van der Waals surface area contributed by atoms with Crippen molar-refractivity contribution in [2.24, 2.45) is 5.73 Å². The minimum Gasteiger partial charge on any atom is -0.490 e. The van der Waals surface area contributed by atoms with E-state index < -0.39 is 39.3 Å². The van der Waals surface area contributed by atoms with Crippen LogP contribution in [0.3, 0.4) is 0 Å². The van der Waals surface area contributed by atoms with E-state index in [4.69, 9.17) is 31.5 Å². The summed E-state index contributed by atoms with van der Waals surface area (Å²) in [5.74, 6) is -4.96. The van der Waals surface area contributed by atoms with E-state index in [9.17, 15) is 35.9 Å². The van der Waals surface area contributed by atoms with Gasteiger partial charge in [0.15, 0.2) is 5.75 Å². The quantitative estimate of drug-likeness (QED) is 0.0884. The molecule has 0 unspecified atom stereocenters. The van der Waals surface area contributed by atoms with Crippen molar-refractivity contribution in [2.75, 3.05) is 12.3 Å². The smallest absolute Gasteiger partial charge is 0.490 e. The monoisotopic (exact) mass is 571 g/mol. The third-order valence-corrected chi connectivity index (χ3v) is 6.65. The van der Waals surface area contributed by atoms with Gasteiger partial charge in [-0.05, 0) is 42.0 Å². The highest BCUT2D eigenvalue weighted by molar-refractivity contribution is 7.91. The molecule has 0 heterocycles. The molecule has 0 bridgehead atoms. The molecule has 3 aromatic rings. The van der Waals surface area contributed by atoms with Crippen LogP contribution in [0, 0.1) is 11.2 Å². The van der Waals surface area contributed by atoms with Gasteiger partial charge in [-0.25, -0.2) is 22.4 Å². The largest absolute Gasteiger partial charge is 0.490 e. The first-order chi connectivity index (χ1) is 18.0. The third kappa shape index (κ3) is 8.16. The fraction of sp³-hybridized carbons (Fsp3) is 0.125. The number of aliphatic carboxylic acids is 1. The molecular weight excluding hydrogens is 550 g/mol. The molecule has 7 N–H and O–H groups in total. The molecule has 39 heavy (non-hydrogen) atoms. The fourth-order valence-corrected chi connectivity index (χ4v) is 4.29.